The molecule has 0 fully saturated rings. The van der Waals surface area contributed by atoms with Crippen LogP contribution in [0.1, 0.15) is 77.6 Å². The zero-order valence-corrected chi connectivity index (χ0v) is 14.2. The summed E-state index contributed by atoms with van der Waals surface area (Å²) in [5.74, 6) is -0.688. The lowest BCUT2D eigenvalue weighted by Gasteiger charge is -2.13. The van der Waals surface area contributed by atoms with Gasteiger partial charge in [-0.1, -0.05) is 58.3 Å². The maximum Gasteiger partial charge on any atom is 0.326 e. The smallest absolute Gasteiger partial charge is 0.326 e. The number of rotatable bonds is 14. The van der Waals surface area contributed by atoms with Gasteiger partial charge in [0, 0.05) is 6.42 Å². The van der Waals surface area contributed by atoms with Crippen LogP contribution >= 0.6 is 12.6 Å². The number of amides is 1. The average molecular weight is 317 g/mol. The summed E-state index contributed by atoms with van der Waals surface area (Å²) in [6, 6.07) is -0.798. The van der Waals surface area contributed by atoms with Crippen molar-refractivity contribution in [2.24, 2.45) is 0 Å². The highest BCUT2D eigenvalue weighted by Crippen LogP contribution is 2.10. The summed E-state index contributed by atoms with van der Waals surface area (Å²) in [5, 5.41) is 11.5. The third kappa shape index (κ3) is 12.7. The van der Waals surface area contributed by atoms with E-state index in [0.717, 1.165) is 12.8 Å². The zero-order chi connectivity index (χ0) is 15.9. The topological polar surface area (TPSA) is 66.4 Å². The van der Waals surface area contributed by atoms with Crippen LogP contribution < -0.4 is 5.32 Å². The van der Waals surface area contributed by atoms with Crippen LogP contribution in [0.3, 0.4) is 0 Å². The molecule has 124 valence electrons. The molecule has 0 rings (SSSR count). The maximum absolute atomic E-state index is 11.6. The van der Waals surface area contributed by atoms with Crippen molar-refractivity contribution in [3.05, 3.63) is 0 Å². The first-order chi connectivity index (χ1) is 10.1. The lowest BCUT2D eigenvalue weighted by Crippen LogP contribution is -2.40. The van der Waals surface area contributed by atoms with Gasteiger partial charge in [-0.25, -0.2) is 4.79 Å². The molecule has 0 aliphatic carbocycles. The van der Waals surface area contributed by atoms with E-state index in [1.54, 1.807) is 0 Å². The summed E-state index contributed by atoms with van der Waals surface area (Å²) in [5.41, 5.74) is 0. The molecule has 0 saturated heterocycles. The first kappa shape index (κ1) is 20.3. The number of hydrogen-bond donors (Lipinski definition) is 3. The molecule has 0 heterocycles. The number of carbonyl (C=O) groups is 2. The predicted octanol–water partition coefficient (Wildman–Crippen LogP) is 3.80. The normalized spacial score (nSPS) is 12.1. The third-order valence-electron chi connectivity index (χ3n) is 3.56. The second kappa shape index (κ2) is 14.2. The minimum absolute atomic E-state index is 0.160. The van der Waals surface area contributed by atoms with Crippen molar-refractivity contribution in [1.29, 1.82) is 0 Å². The molecule has 1 atom stereocenters. The van der Waals surface area contributed by atoms with Gasteiger partial charge in [-0.15, -0.1) is 0 Å². The van der Waals surface area contributed by atoms with Crippen LogP contribution in [0, 0.1) is 0 Å². The summed E-state index contributed by atoms with van der Waals surface area (Å²) in [7, 11) is 0. The van der Waals surface area contributed by atoms with Crippen LogP contribution in [0.15, 0.2) is 0 Å². The summed E-state index contributed by atoms with van der Waals surface area (Å²) in [4.78, 5) is 22.5. The minimum Gasteiger partial charge on any atom is -0.480 e. The van der Waals surface area contributed by atoms with Gasteiger partial charge in [-0.05, 0) is 18.6 Å². The predicted molar refractivity (Wildman–Crippen MR) is 89.9 cm³/mol. The van der Waals surface area contributed by atoms with Gasteiger partial charge >= 0.3 is 5.97 Å². The van der Waals surface area contributed by atoms with E-state index in [-0.39, 0.29) is 5.91 Å². The summed E-state index contributed by atoms with van der Waals surface area (Å²) < 4.78 is 0. The molecule has 0 aromatic heterocycles. The highest BCUT2D eigenvalue weighted by atomic mass is 32.1. The van der Waals surface area contributed by atoms with Crippen molar-refractivity contribution >= 4 is 24.5 Å². The van der Waals surface area contributed by atoms with E-state index in [0.29, 0.717) is 18.6 Å². The van der Waals surface area contributed by atoms with E-state index in [9.17, 15) is 9.59 Å². The van der Waals surface area contributed by atoms with Crippen LogP contribution in [0.4, 0.5) is 0 Å². The highest BCUT2D eigenvalue weighted by Gasteiger charge is 2.18. The number of aliphatic carboxylic acids is 1. The Balaban J connectivity index is 3.50. The number of thiol groups is 1. The molecule has 0 radical (unpaired) electrons. The molecule has 5 heteroatoms. The van der Waals surface area contributed by atoms with Crippen molar-refractivity contribution in [3.8, 4) is 0 Å². The van der Waals surface area contributed by atoms with Crippen LogP contribution in [-0.4, -0.2) is 28.8 Å². The lowest BCUT2D eigenvalue weighted by atomic mass is 10.1. The fourth-order valence-electron chi connectivity index (χ4n) is 2.25. The standard InChI is InChI=1S/C16H31NO3S/c1-2-3-4-5-6-7-8-9-10-11-15(18)17-14(12-13-21)16(19)20/h14,21H,2-13H2,1H3,(H,17,18)(H,19,20). The number of carbonyl (C=O) groups excluding carboxylic acids is 1. The number of carboxylic acid groups (broad SMARTS) is 1. The molecule has 0 saturated carbocycles. The molecule has 4 nitrogen and oxygen atoms in total. The van der Waals surface area contributed by atoms with E-state index < -0.39 is 12.0 Å². The van der Waals surface area contributed by atoms with E-state index >= 15 is 0 Å². The Morgan fingerprint density at radius 3 is 2.00 bits per heavy atom. The number of nitrogens with one attached hydrogen (secondary N) is 1. The van der Waals surface area contributed by atoms with Gasteiger partial charge in [0.05, 0.1) is 0 Å². The molecule has 0 aromatic carbocycles. The Kier molecular flexibility index (Phi) is 13.8. The van der Waals surface area contributed by atoms with Crippen molar-refractivity contribution in [3.63, 3.8) is 0 Å². The molecular formula is C16H31NO3S. The minimum atomic E-state index is -0.982. The average Bonchev–Trinajstić information content (AvgIpc) is 2.45. The monoisotopic (exact) mass is 317 g/mol. The van der Waals surface area contributed by atoms with Gasteiger partial charge in [-0.3, -0.25) is 4.79 Å². The molecule has 0 aliphatic rings. The molecule has 21 heavy (non-hydrogen) atoms. The van der Waals surface area contributed by atoms with Crippen molar-refractivity contribution in [2.75, 3.05) is 5.75 Å². The summed E-state index contributed by atoms with van der Waals surface area (Å²) >= 11 is 4.00. The summed E-state index contributed by atoms with van der Waals surface area (Å²) in [6.07, 6.45) is 11.6. The van der Waals surface area contributed by atoms with Crippen molar-refractivity contribution in [1.82, 2.24) is 5.32 Å². The molecular weight excluding hydrogens is 286 g/mol. The zero-order valence-electron chi connectivity index (χ0n) is 13.3. The summed E-state index contributed by atoms with van der Waals surface area (Å²) in [6.45, 7) is 2.22. The van der Waals surface area contributed by atoms with Crippen LogP contribution in [0.2, 0.25) is 0 Å². The lowest BCUT2D eigenvalue weighted by molar-refractivity contribution is -0.141. The van der Waals surface area contributed by atoms with Crippen molar-refractivity contribution < 1.29 is 14.7 Å². The van der Waals surface area contributed by atoms with Gasteiger partial charge < -0.3 is 10.4 Å². The van der Waals surface area contributed by atoms with Crippen LogP contribution in [-0.2, 0) is 9.59 Å². The van der Waals surface area contributed by atoms with Gasteiger partial charge in [0.25, 0.3) is 0 Å². The SMILES string of the molecule is CCCCCCCCCCCC(=O)NC(CCS)C(=O)O. The molecule has 1 unspecified atom stereocenters. The fourth-order valence-corrected chi connectivity index (χ4v) is 2.51. The molecule has 0 aliphatic heterocycles. The van der Waals surface area contributed by atoms with Gasteiger partial charge in [0.1, 0.15) is 6.04 Å². The Morgan fingerprint density at radius 2 is 1.52 bits per heavy atom. The molecule has 0 spiro atoms. The Labute approximate surface area is 134 Å². The highest BCUT2D eigenvalue weighted by molar-refractivity contribution is 7.80. The third-order valence-corrected chi connectivity index (χ3v) is 3.82. The van der Waals surface area contributed by atoms with Crippen LogP contribution in [0.5, 0.6) is 0 Å². The second-order valence-electron chi connectivity index (χ2n) is 5.55. The maximum atomic E-state index is 11.6. The first-order valence-electron chi connectivity index (χ1n) is 8.24. The second-order valence-corrected chi connectivity index (χ2v) is 6.00. The molecule has 1 amide bonds. The van der Waals surface area contributed by atoms with Crippen molar-refractivity contribution in [2.45, 2.75) is 83.6 Å². The fraction of sp³-hybridized carbons (Fsp3) is 0.875. The first-order valence-corrected chi connectivity index (χ1v) is 8.88. The van der Waals surface area contributed by atoms with Gasteiger partial charge in [0.2, 0.25) is 5.91 Å². The Hall–Kier alpha value is -0.710. The Morgan fingerprint density at radius 1 is 1.00 bits per heavy atom. The van der Waals surface area contributed by atoms with Crippen LogP contribution in [0.25, 0.3) is 0 Å². The van der Waals surface area contributed by atoms with E-state index in [1.165, 1.54) is 44.9 Å². The number of unbranched alkanes of at least 4 members (excludes halogenated alkanes) is 8. The van der Waals surface area contributed by atoms with E-state index in [1.807, 2.05) is 0 Å². The molecule has 0 bridgehead atoms. The quantitative estimate of drug-likeness (QED) is 0.337. The van der Waals surface area contributed by atoms with Gasteiger partial charge in [0.15, 0.2) is 0 Å². The molecule has 2 N–H and O–H groups in total. The molecule has 0 aromatic rings. The number of carboxylic acids is 1. The Bertz CT molecular complexity index is 285. The van der Waals surface area contributed by atoms with E-state index in [2.05, 4.69) is 24.9 Å². The number of hydrogen-bond acceptors (Lipinski definition) is 3. The van der Waals surface area contributed by atoms with Gasteiger partial charge in [-0.2, -0.15) is 12.6 Å². The van der Waals surface area contributed by atoms with E-state index in [4.69, 9.17) is 5.11 Å². The largest absolute Gasteiger partial charge is 0.480 e.